The lowest BCUT2D eigenvalue weighted by Crippen LogP contribution is -2.51. The monoisotopic (exact) mass is 562 g/mol. The Morgan fingerprint density at radius 2 is 2.00 bits per heavy atom. The first-order valence-corrected chi connectivity index (χ1v) is 13.5. The van der Waals surface area contributed by atoms with Gasteiger partial charge in [0.25, 0.3) is 0 Å². The van der Waals surface area contributed by atoms with Crippen molar-refractivity contribution in [1.29, 1.82) is 0 Å². The molecule has 10 nitrogen and oxygen atoms in total. The number of allylic oxidation sites excluding steroid dienone is 1. The van der Waals surface area contributed by atoms with Crippen LogP contribution in [0.1, 0.15) is 36.7 Å². The van der Waals surface area contributed by atoms with E-state index in [1.165, 1.54) is 7.11 Å². The van der Waals surface area contributed by atoms with Gasteiger partial charge in [0.15, 0.2) is 0 Å². The van der Waals surface area contributed by atoms with Crippen LogP contribution in [-0.4, -0.2) is 59.5 Å². The number of carbonyl (C=O) groups excluding carboxylic acids is 3. The maximum Gasteiger partial charge on any atom is 0.411 e. The van der Waals surface area contributed by atoms with E-state index < -0.39 is 6.09 Å². The van der Waals surface area contributed by atoms with Crippen molar-refractivity contribution >= 4 is 46.6 Å². The van der Waals surface area contributed by atoms with Gasteiger partial charge >= 0.3 is 6.09 Å². The molecule has 2 aromatic carbocycles. The minimum atomic E-state index is -0.610. The van der Waals surface area contributed by atoms with E-state index in [-0.39, 0.29) is 30.8 Å². The number of benzene rings is 2. The summed E-state index contributed by atoms with van der Waals surface area (Å²) in [5.74, 6) is 0.506. The van der Waals surface area contributed by atoms with Gasteiger partial charge in [-0.1, -0.05) is 29.8 Å². The maximum absolute atomic E-state index is 13.5. The Hall–Kier alpha value is -4.31. The Balaban J connectivity index is 1.44. The van der Waals surface area contributed by atoms with Crippen molar-refractivity contribution in [2.24, 2.45) is 0 Å². The number of anilines is 3. The molecule has 2 bridgehead atoms. The zero-order valence-electron chi connectivity index (χ0n) is 22.4. The zero-order valence-corrected chi connectivity index (χ0v) is 23.1. The molecule has 3 aromatic rings. The number of nitrogens with one attached hydrogen (secondary N) is 3. The quantitative estimate of drug-likeness (QED) is 0.373. The fourth-order valence-corrected chi connectivity index (χ4v) is 5.23. The highest BCUT2D eigenvalue weighted by atomic mass is 35.5. The molecule has 0 aliphatic carbocycles. The molecule has 40 heavy (non-hydrogen) atoms. The minimum Gasteiger partial charge on any atom is -0.453 e. The second-order valence-corrected chi connectivity index (χ2v) is 10.2. The number of aromatic amines is 1. The van der Waals surface area contributed by atoms with Crippen molar-refractivity contribution < 1.29 is 19.1 Å². The van der Waals surface area contributed by atoms with E-state index in [0.717, 1.165) is 11.3 Å². The van der Waals surface area contributed by atoms with Gasteiger partial charge < -0.3 is 24.8 Å². The fraction of sp³-hybridized carbons (Fsp3) is 0.310. The number of halogens is 1. The van der Waals surface area contributed by atoms with Crippen LogP contribution in [0.15, 0.2) is 54.7 Å². The number of rotatable bonds is 3. The van der Waals surface area contributed by atoms with Crippen LogP contribution in [0.2, 0.25) is 5.02 Å². The van der Waals surface area contributed by atoms with Crippen molar-refractivity contribution in [2.75, 3.05) is 42.3 Å². The summed E-state index contributed by atoms with van der Waals surface area (Å²) in [6.07, 6.45) is 6.52. The van der Waals surface area contributed by atoms with Gasteiger partial charge in [0.2, 0.25) is 11.8 Å². The van der Waals surface area contributed by atoms with Crippen LogP contribution in [0.3, 0.4) is 0 Å². The van der Waals surface area contributed by atoms with E-state index in [1.807, 2.05) is 42.2 Å². The number of fused-ring (bicyclic) bond motifs is 4. The number of aromatic nitrogens is 2. The van der Waals surface area contributed by atoms with Gasteiger partial charge in [-0.05, 0) is 55.7 Å². The summed E-state index contributed by atoms with van der Waals surface area (Å²) < 4.78 is 4.69. The summed E-state index contributed by atoms with van der Waals surface area (Å²) in [6.45, 7) is 3.45. The van der Waals surface area contributed by atoms with Crippen molar-refractivity contribution in [3.63, 3.8) is 0 Å². The lowest BCUT2D eigenvalue weighted by molar-refractivity contribution is -0.133. The van der Waals surface area contributed by atoms with E-state index in [1.54, 1.807) is 24.4 Å². The molecule has 0 unspecified atom stereocenters. The lowest BCUT2D eigenvalue weighted by Gasteiger charge is -2.39. The van der Waals surface area contributed by atoms with Crippen molar-refractivity contribution in [1.82, 2.24) is 14.9 Å². The molecular weight excluding hydrogens is 532 g/mol. The first kappa shape index (κ1) is 27.3. The molecule has 3 amide bonds. The van der Waals surface area contributed by atoms with Crippen molar-refractivity contribution in [2.45, 2.75) is 32.2 Å². The average molecular weight is 563 g/mol. The van der Waals surface area contributed by atoms with E-state index in [2.05, 4.69) is 25.3 Å². The number of amides is 3. The third-order valence-corrected chi connectivity index (χ3v) is 7.36. The molecule has 3 N–H and O–H groups in total. The second kappa shape index (κ2) is 11.8. The Labute approximate surface area is 237 Å². The van der Waals surface area contributed by atoms with Gasteiger partial charge in [-0.3, -0.25) is 14.9 Å². The molecule has 1 saturated heterocycles. The van der Waals surface area contributed by atoms with Crippen LogP contribution >= 0.6 is 11.6 Å². The molecule has 1 aromatic heterocycles. The van der Waals surface area contributed by atoms with Gasteiger partial charge in [0, 0.05) is 47.7 Å². The van der Waals surface area contributed by atoms with Crippen LogP contribution in [0.4, 0.5) is 21.9 Å². The highest BCUT2D eigenvalue weighted by Gasteiger charge is 2.32. The molecule has 208 valence electrons. The normalized spacial score (nSPS) is 18.5. The molecule has 2 aliphatic heterocycles. The molecule has 1 atom stereocenters. The standard InChI is InChI=1S/C29H31ClN6O4/c1-18-8-9-19(30)14-25(18)35-12-13-36(27(38)17-35)24-6-4-3-5-7-26(37)33-22-15-20(32-29(39)40-2)10-11-21(22)23-16-31-28(24)34-23/h3-4,8-11,14-16,24H,5-7,12-13,17H2,1-2H3,(H,31,34)(H,32,39)(H,33,37)/b4-3+/t24-/m0/s1. The third kappa shape index (κ3) is 5.96. The zero-order chi connectivity index (χ0) is 28.2. The largest absolute Gasteiger partial charge is 0.453 e. The first-order valence-electron chi connectivity index (χ1n) is 13.1. The third-order valence-electron chi connectivity index (χ3n) is 7.12. The summed E-state index contributed by atoms with van der Waals surface area (Å²) in [5.41, 5.74) is 4.32. The molecule has 2 aliphatic rings. The number of carbonyl (C=O) groups is 3. The summed E-state index contributed by atoms with van der Waals surface area (Å²) in [5, 5.41) is 6.20. The molecule has 0 spiro atoms. The number of H-pyrrole nitrogens is 1. The summed E-state index contributed by atoms with van der Waals surface area (Å²) in [7, 11) is 1.28. The number of methoxy groups -OCH3 is 1. The molecule has 3 heterocycles. The first-order chi connectivity index (χ1) is 19.3. The van der Waals surface area contributed by atoms with Crippen LogP contribution in [-0.2, 0) is 14.3 Å². The summed E-state index contributed by atoms with van der Waals surface area (Å²) in [4.78, 5) is 50.0. The highest BCUT2D eigenvalue weighted by molar-refractivity contribution is 6.30. The minimum absolute atomic E-state index is 0.00191. The van der Waals surface area contributed by atoms with Gasteiger partial charge in [0.05, 0.1) is 31.1 Å². The molecule has 1 fully saturated rings. The Bertz CT molecular complexity index is 1470. The predicted molar refractivity (Wildman–Crippen MR) is 155 cm³/mol. The highest BCUT2D eigenvalue weighted by Crippen LogP contribution is 2.34. The Kier molecular flexibility index (Phi) is 8.06. The average Bonchev–Trinajstić information content (AvgIpc) is 3.42. The second-order valence-electron chi connectivity index (χ2n) is 9.80. The smallest absolute Gasteiger partial charge is 0.411 e. The van der Waals surface area contributed by atoms with Gasteiger partial charge in [-0.2, -0.15) is 0 Å². The SMILES string of the molecule is COC(=O)Nc1ccc2c(c1)NC(=O)CC/C=C/C[C@H](N1CCN(c3cc(Cl)ccc3C)CC1=O)c1nc-2c[nH]1. The Morgan fingerprint density at radius 3 is 2.80 bits per heavy atom. The lowest BCUT2D eigenvalue weighted by atomic mass is 10.1. The topological polar surface area (TPSA) is 120 Å². The molecule has 0 saturated carbocycles. The molecule has 11 heteroatoms. The van der Waals surface area contributed by atoms with Gasteiger partial charge in [-0.25, -0.2) is 9.78 Å². The number of ether oxygens (including phenoxy) is 1. The number of hydrogen-bond acceptors (Lipinski definition) is 6. The molecule has 0 radical (unpaired) electrons. The van der Waals surface area contributed by atoms with E-state index in [9.17, 15) is 14.4 Å². The Morgan fingerprint density at radius 1 is 1.15 bits per heavy atom. The van der Waals surface area contributed by atoms with Crippen LogP contribution < -0.4 is 15.5 Å². The van der Waals surface area contributed by atoms with Crippen LogP contribution in [0, 0.1) is 6.92 Å². The van der Waals surface area contributed by atoms with E-state index in [4.69, 9.17) is 16.6 Å². The molecule has 5 rings (SSSR count). The van der Waals surface area contributed by atoms with Crippen LogP contribution in [0.5, 0.6) is 0 Å². The number of aryl methyl sites for hydroxylation is 1. The van der Waals surface area contributed by atoms with E-state index >= 15 is 0 Å². The number of nitrogens with zero attached hydrogens (tertiary/aromatic N) is 3. The van der Waals surface area contributed by atoms with E-state index in [0.29, 0.717) is 59.4 Å². The predicted octanol–water partition coefficient (Wildman–Crippen LogP) is 5.29. The summed E-state index contributed by atoms with van der Waals surface area (Å²) in [6, 6.07) is 10.6. The number of piperazine rings is 1. The van der Waals surface area contributed by atoms with Crippen LogP contribution in [0.25, 0.3) is 11.3 Å². The maximum atomic E-state index is 13.5. The van der Waals surface area contributed by atoms with Crippen molar-refractivity contribution in [3.8, 4) is 11.3 Å². The number of imidazole rings is 1. The van der Waals surface area contributed by atoms with Gasteiger partial charge in [0.1, 0.15) is 5.82 Å². The fourth-order valence-electron chi connectivity index (χ4n) is 5.06. The van der Waals surface area contributed by atoms with Crippen molar-refractivity contribution in [3.05, 3.63) is 71.2 Å². The summed E-state index contributed by atoms with van der Waals surface area (Å²) >= 11 is 6.24. The number of hydrogen-bond donors (Lipinski definition) is 3. The molecular formula is C29H31ClN6O4. The van der Waals surface area contributed by atoms with Gasteiger partial charge in [-0.15, -0.1) is 0 Å².